The van der Waals surface area contributed by atoms with Crippen LogP contribution in [0.5, 0.6) is 0 Å². The number of amides is 4. The molecule has 3 saturated heterocycles. The molecule has 1 aromatic rings. The molecule has 3 aliphatic heterocycles. The second-order valence-corrected chi connectivity index (χ2v) is 12.8. The van der Waals surface area contributed by atoms with Gasteiger partial charge in [0.15, 0.2) is 0 Å². The van der Waals surface area contributed by atoms with Crippen LogP contribution in [-0.4, -0.2) is 87.4 Å². The number of piperazine rings is 1. The molecule has 7 atom stereocenters. The van der Waals surface area contributed by atoms with E-state index in [0.29, 0.717) is 30.9 Å². The van der Waals surface area contributed by atoms with Gasteiger partial charge in [-0.3, -0.25) is 19.3 Å². The Morgan fingerprint density at radius 3 is 2.65 bits per heavy atom. The number of likely N-dealkylation sites (tertiary alicyclic amines) is 3. The van der Waals surface area contributed by atoms with E-state index in [1.165, 1.54) is 0 Å². The predicted molar refractivity (Wildman–Crippen MR) is 143 cm³/mol. The number of carbonyl (C=O) groups excluding carboxylic acids is 4. The highest BCUT2D eigenvalue weighted by Gasteiger charge is 2.57. The summed E-state index contributed by atoms with van der Waals surface area (Å²) in [5, 5.41) is 12.4. The first-order valence-corrected chi connectivity index (χ1v) is 14.2. The van der Waals surface area contributed by atoms with E-state index in [-0.39, 0.29) is 42.5 Å². The van der Waals surface area contributed by atoms with Gasteiger partial charge in [0.1, 0.15) is 17.7 Å². The van der Waals surface area contributed by atoms with E-state index in [2.05, 4.69) is 11.4 Å². The molecular formula is C29H36N6O5. The first-order valence-electron chi connectivity index (χ1n) is 14.2. The number of rotatable bonds is 6. The average molecular weight is 549 g/mol. The lowest BCUT2D eigenvalue weighted by molar-refractivity contribution is -0.141. The van der Waals surface area contributed by atoms with Crippen LogP contribution in [0, 0.1) is 17.2 Å². The van der Waals surface area contributed by atoms with Crippen molar-refractivity contribution in [3.63, 3.8) is 0 Å². The van der Waals surface area contributed by atoms with Gasteiger partial charge in [-0.05, 0) is 82.1 Å². The van der Waals surface area contributed by atoms with Gasteiger partial charge >= 0.3 is 6.09 Å². The van der Waals surface area contributed by atoms with E-state index in [9.17, 15) is 24.4 Å². The Morgan fingerprint density at radius 2 is 1.98 bits per heavy atom. The number of benzene rings is 1. The van der Waals surface area contributed by atoms with E-state index >= 15 is 0 Å². The van der Waals surface area contributed by atoms with Gasteiger partial charge in [0.05, 0.1) is 18.2 Å². The standard InChI is InChI=1S/C29H36N6O5/c1-29(2,3)40-28(39)32-21(26(37)34-18(12-30)9-17-10-23(17)34)14-33-13-19-11-24(33)27(38)35(19)22-7-5-15-8-16(25(31)36)4-6-20(15)22/h4,6,8,17-19,21-24H,5,7,9-11,13-14H2,1-3H3,(H2,31,36)(H,32,39)/t17-,18?,19+,21?,22+,23+,24?/m1/s1. The van der Waals surface area contributed by atoms with Crippen molar-refractivity contribution < 1.29 is 23.9 Å². The Morgan fingerprint density at radius 1 is 1.20 bits per heavy atom. The Kier molecular flexibility index (Phi) is 6.29. The van der Waals surface area contributed by atoms with Crippen molar-refractivity contribution in [2.45, 2.75) is 94.7 Å². The normalized spacial score (nSPS) is 31.0. The summed E-state index contributed by atoms with van der Waals surface area (Å²) in [7, 11) is 0. The maximum atomic E-state index is 13.8. The SMILES string of the molecule is CC(C)(C)OC(=O)NC(CN1C[C@@H]2CC1C(=O)N2[C@H]1CCc2cc(C(N)=O)ccc21)C(=O)N1C(C#N)C[C@@H]2C[C@@H]21. The first-order chi connectivity index (χ1) is 18.9. The molecule has 3 unspecified atom stereocenters. The second-order valence-electron chi connectivity index (χ2n) is 12.8. The lowest BCUT2D eigenvalue weighted by Crippen LogP contribution is -2.59. The first kappa shape index (κ1) is 26.6. The van der Waals surface area contributed by atoms with E-state index in [4.69, 9.17) is 10.5 Å². The fraction of sp³-hybridized carbons (Fsp3) is 0.621. The van der Waals surface area contributed by atoms with Gasteiger partial charge in [-0.25, -0.2) is 4.79 Å². The van der Waals surface area contributed by atoms with Crippen LogP contribution in [0.1, 0.15) is 74.0 Å². The highest BCUT2D eigenvalue weighted by molar-refractivity contribution is 5.93. The van der Waals surface area contributed by atoms with Gasteiger partial charge in [-0.15, -0.1) is 0 Å². The lowest BCUT2D eigenvalue weighted by atomic mass is 10.0. The number of piperidine rings is 1. The molecule has 0 spiro atoms. The summed E-state index contributed by atoms with van der Waals surface area (Å²) >= 11 is 0. The van der Waals surface area contributed by atoms with Crippen LogP contribution < -0.4 is 11.1 Å². The monoisotopic (exact) mass is 548 g/mol. The van der Waals surface area contributed by atoms with Crippen molar-refractivity contribution in [1.29, 1.82) is 5.26 Å². The number of hydrogen-bond acceptors (Lipinski definition) is 7. The van der Waals surface area contributed by atoms with Crippen molar-refractivity contribution in [2.75, 3.05) is 13.1 Å². The third kappa shape index (κ3) is 4.58. The molecule has 2 bridgehead atoms. The highest BCUT2D eigenvalue weighted by atomic mass is 16.6. The molecule has 11 nitrogen and oxygen atoms in total. The molecule has 3 heterocycles. The van der Waals surface area contributed by atoms with Crippen LogP contribution in [0.25, 0.3) is 0 Å². The summed E-state index contributed by atoms with van der Waals surface area (Å²) < 4.78 is 5.45. The molecule has 0 aromatic heterocycles. The van der Waals surface area contributed by atoms with E-state index in [0.717, 1.165) is 30.4 Å². The fourth-order valence-corrected chi connectivity index (χ4v) is 7.28. The van der Waals surface area contributed by atoms with Crippen LogP contribution in [0.3, 0.4) is 0 Å². The van der Waals surface area contributed by atoms with Crippen LogP contribution in [0.2, 0.25) is 0 Å². The van der Waals surface area contributed by atoms with Gasteiger partial charge < -0.3 is 25.6 Å². The Balaban J connectivity index is 1.18. The Labute approximate surface area is 233 Å². The molecular weight excluding hydrogens is 512 g/mol. The molecule has 212 valence electrons. The molecule has 3 N–H and O–H groups in total. The number of nitrogens with one attached hydrogen (secondary N) is 1. The van der Waals surface area contributed by atoms with E-state index in [1.807, 2.05) is 21.9 Å². The number of nitriles is 1. The molecule has 5 aliphatic rings. The minimum absolute atomic E-state index is 0.00648. The number of primary amides is 1. The second kappa shape index (κ2) is 9.47. The van der Waals surface area contributed by atoms with Gasteiger partial charge in [-0.2, -0.15) is 5.26 Å². The largest absolute Gasteiger partial charge is 0.444 e. The molecule has 11 heteroatoms. The van der Waals surface area contributed by atoms with Gasteiger partial charge in [0, 0.05) is 30.7 Å². The van der Waals surface area contributed by atoms with Crippen molar-refractivity contribution in [1.82, 2.24) is 20.0 Å². The molecule has 4 amide bonds. The Hall–Kier alpha value is -3.65. The summed E-state index contributed by atoms with van der Waals surface area (Å²) in [5.41, 5.74) is 7.31. The third-order valence-electron chi connectivity index (χ3n) is 9.04. The number of alkyl carbamates (subject to hydrolysis) is 1. The molecule has 40 heavy (non-hydrogen) atoms. The quantitative estimate of drug-likeness (QED) is 0.547. The topological polar surface area (TPSA) is 149 Å². The van der Waals surface area contributed by atoms with Gasteiger partial charge in [-0.1, -0.05) is 6.07 Å². The van der Waals surface area contributed by atoms with Gasteiger partial charge in [0.2, 0.25) is 17.7 Å². The summed E-state index contributed by atoms with van der Waals surface area (Å²) in [5.74, 6) is -0.379. The number of carbonyl (C=O) groups is 4. The van der Waals surface area contributed by atoms with Crippen LogP contribution in [0.4, 0.5) is 4.79 Å². The number of aryl methyl sites for hydroxylation is 1. The zero-order valence-electron chi connectivity index (χ0n) is 23.1. The molecule has 1 aromatic carbocycles. The third-order valence-corrected chi connectivity index (χ3v) is 9.04. The zero-order valence-corrected chi connectivity index (χ0v) is 23.1. The molecule has 4 fully saturated rings. The van der Waals surface area contributed by atoms with E-state index < -0.39 is 29.7 Å². The summed E-state index contributed by atoms with van der Waals surface area (Å²) in [6, 6.07) is 5.90. The number of nitrogens with two attached hydrogens (primary N) is 1. The number of fused-ring (bicyclic) bond motifs is 4. The van der Waals surface area contributed by atoms with Crippen molar-refractivity contribution in [2.24, 2.45) is 11.7 Å². The maximum absolute atomic E-state index is 13.8. The Bertz CT molecular complexity index is 1320. The minimum Gasteiger partial charge on any atom is -0.444 e. The molecule has 0 radical (unpaired) electrons. The van der Waals surface area contributed by atoms with Crippen LogP contribution in [0.15, 0.2) is 18.2 Å². The fourth-order valence-electron chi connectivity index (χ4n) is 7.28. The summed E-state index contributed by atoms with van der Waals surface area (Å²) in [6.45, 7) is 6.04. The summed E-state index contributed by atoms with van der Waals surface area (Å²) in [4.78, 5) is 57.4. The summed E-state index contributed by atoms with van der Waals surface area (Å²) in [6.07, 6.45) is 3.08. The number of nitrogens with zero attached hydrogens (tertiary/aromatic N) is 4. The van der Waals surface area contributed by atoms with Crippen LogP contribution >= 0.6 is 0 Å². The predicted octanol–water partition coefficient (Wildman–Crippen LogP) is 1.46. The van der Waals surface area contributed by atoms with Crippen molar-refractivity contribution in [3.8, 4) is 6.07 Å². The highest BCUT2D eigenvalue weighted by Crippen LogP contribution is 2.48. The number of hydrogen-bond donors (Lipinski definition) is 2. The van der Waals surface area contributed by atoms with Crippen molar-refractivity contribution >= 4 is 23.8 Å². The van der Waals surface area contributed by atoms with E-state index in [1.54, 1.807) is 31.7 Å². The molecule has 6 rings (SSSR count). The van der Waals surface area contributed by atoms with Crippen LogP contribution in [-0.2, 0) is 20.7 Å². The number of ether oxygens (including phenoxy) is 1. The van der Waals surface area contributed by atoms with Crippen molar-refractivity contribution in [3.05, 3.63) is 34.9 Å². The average Bonchev–Trinajstić information content (AvgIpc) is 3.22. The maximum Gasteiger partial charge on any atom is 0.408 e. The lowest BCUT2D eigenvalue weighted by Gasteiger charge is -2.39. The minimum atomic E-state index is -0.926. The molecule has 1 saturated carbocycles. The molecule has 2 aliphatic carbocycles. The van der Waals surface area contributed by atoms with Gasteiger partial charge in [0.25, 0.3) is 0 Å². The zero-order chi connectivity index (χ0) is 28.5. The smallest absolute Gasteiger partial charge is 0.408 e.